The lowest BCUT2D eigenvalue weighted by atomic mass is 10.1. The third kappa shape index (κ3) is 2.82. The van der Waals surface area contributed by atoms with E-state index in [0.717, 1.165) is 25.3 Å². The van der Waals surface area contributed by atoms with E-state index in [4.69, 9.17) is 4.52 Å². The number of nitrogens with zero attached hydrogens (tertiary/aromatic N) is 2. The van der Waals surface area contributed by atoms with Gasteiger partial charge in [0.15, 0.2) is 5.82 Å². The van der Waals surface area contributed by atoms with Gasteiger partial charge in [0.1, 0.15) is 0 Å². The fourth-order valence-corrected chi connectivity index (χ4v) is 2.09. The van der Waals surface area contributed by atoms with Crippen molar-refractivity contribution < 1.29 is 4.52 Å². The summed E-state index contributed by atoms with van der Waals surface area (Å²) in [5.74, 6) is 1.37. The third-order valence-corrected chi connectivity index (χ3v) is 3.04. The van der Waals surface area contributed by atoms with Gasteiger partial charge in [0.25, 0.3) is 0 Å². The Balaban J connectivity index is 1.51. The number of aryl methyl sites for hydroxylation is 1. The molecule has 98 valence electrons. The van der Waals surface area contributed by atoms with Gasteiger partial charge in [-0.15, -0.1) is 0 Å². The maximum absolute atomic E-state index is 4.93. The summed E-state index contributed by atoms with van der Waals surface area (Å²) >= 11 is 0. The van der Waals surface area contributed by atoms with Crippen molar-refractivity contribution in [3.8, 4) is 0 Å². The fourth-order valence-electron chi connectivity index (χ4n) is 2.09. The minimum Gasteiger partial charge on any atom is -0.361 e. The summed E-state index contributed by atoms with van der Waals surface area (Å²) in [6.45, 7) is 3.48. The molecule has 0 spiro atoms. The molecule has 2 heterocycles. The highest BCUT2D eigenvalue weighted by atomic mass is 16.5. The number of aromatic nitrogens is 3. The predicted octanol–water partition coefficient (Wildman–Crippen LogP) is 2.19. The molecule has 0 unspecified atom stereocenters. The van der Waals surface area contributed by atoms with Crippen LogP contribution in [0.4, 0.5) is 0 Å². The molecule has 19 heavy (non-hydrogen) atoms. The van der Waals surface area contributed by atoms with Gasteiger partial charge in [0.2, 0.25) is 5.89 Å². The van der Waals surface area contributed by atoms with Gasteiger partial charge in [0, 0.05) is 38.1 Å². The van der Waals surface area contributed by atoms with Crippen molar-refractivity contribution in [3.05, 3.63) is 47.7 Å². The summed E-state index contributed by atoms with van der Waals surface area (Å²) in [6, 6.07) is 8.51. The zero-order chi connectivity index (χ0) is 13.1. The highest BCUT2D eigenvalue weighted by Crippen LogP contribution is 2.13. The van der Waals surface area contributed by atoms with Crippen LogP contribution in [-0.2, 0) is 13.0 Å². The van der Waals surface area contributed by atoms with Gasteiger partial charge < -0.3 is 14.8 Å². The molecule has 0 fully saturated rings. The summed E-state index contributed by atoms with van der Waals surface area (Å²) in [7, 11) is 0. The standard InChI is InChI=1S/C14H16N4O/c1-10-17-14(18-19-10)5-6-15-9-11-2-3-13-12(8-11)4-7-16-13/h2-4,7-8,15-16H,5-6,9H2,1H3. The van der Waals surface area contributed by atoms with Crippen molar-refractivity contribution in [3.63, 3.8) is 0 Å². The van der Waals surface area contributed by atoms with E-state index in [9.17, 15) is 0 Å². The van der Waals surface area contributed by atoms with Gasteiger partial charge in [-0.3, -0.25) is 0 Å². The van der Waals surface area contributed by atoms with Crippen LogP contribution in [-0.4, -0.2) is 21.7 Å². The second kappa shape index (κ2) is 5.24. The van der Waals surface area contributed by atoms with Crippen LogP contribution in [0, 0.1) is 6.92 Å². The Hall–Kier alpha value is -2.14. The molecule has 0 amide bonds. The first-order valence-electron chi connectivity index (χ1n) is 6.37. The number of H-pyrrole nitrogens is 1. The number of rotatable bonds is 5. The monoisotopic (exact) mass is 256 g/mol. The number of hydrogen-bond acceptors (Lipinski definition) is 4. The quantitative estimate of drug-likeness (QED) is 0.687. The van der Waals surface area contributed by atoms with Crippen LogP contribution in [0.2, 0.25) is 0 Å². The zero-order valence-corrected chi connectivity index (χ0v) is 10.8. The summed E-state index contributed by atoms with van der Waals surface area (Å²) in [4.78, 5) is 7.36. The van der Waals surface area contributed by atoms with Crippen LogP contribution >= 0.6 is 0 Å². The van der Waals surface area contributed by atoms with E-state index in [1.165, 1.54) is 16.5 Å². The molecule has 0 saturated heterocycles. The van der Waals surface area contributed by atoms with E-state index in [1.54, 1.807) is 6.92 Å². The van der Waals surface area contributed by atoms with E-state index in [2.05, 4.69) is 44.7 Å². The highest BCUT2D eigenvalue weighted by Gasteiger charge is 2.01. The molecule has 3 rings (SSSR count). The Morgan fingerprint density at radius 1 is 1.32 bits per heavy atom. The molecule has 0 atom stereocenters. The molecule has 5 nitrogen and oxygen atoms in total. The number of aromatic amines is 1. The molecular formula is C14H16N4O. The second-order valence-electron chi connectivity index (χ2n) is 4.56. The van der Waals surface area contributed by atoms with E-state index >= 15 is 0 Å². The smallest absolute Gasteiger partial charge is 0.223 e. The summed E-state index contributed by atoms with van der Waals surface area (Å²) in [5, 5.41) is 8.49. The lowest BCUT2D eigenvalue weighted by Crippen LogP contribution is -2.17. The molecule has 0 aliphatic heterocycles. The molecule has 3 aromatic rings. The van der Waals surface area contributed by atoms with Crippen molar-refractivity contribution in [1.82, 2.24) is 20.4 Å². The minimum atomic E-state index is 0.618. The first-order valence-corrected chi connectivity index (χ1v) is 6.37. The molecular weight excluding hydrogens is 240 g/mol. The lowest BCUT2D eigenvalue weighted by molar-refractivity contribution is 0.387. The summed E-state index contributed by atoms with van der Waals surface area (Å²) in [5.41, 5.74) is 2.45. The van der Waals surface area contributed by atoms with Crippen LogP contribution in [0.25, 0.3) is 10.9 Å². The molecule has 2 N–H and O–H groups in total. The Kier molecular flexibility index (Phi) is 3.29. The fraction of sp³-hybridized carbons (Fsp3) is 0.286. The van der Waals surface area contributed by atoms with E-state index in [1.807, 2.05) is 6.20 Å². The Morgan fingerprint density at radius 3 is 3.11 bits per heavy atom. The van der Waals surface area contributed by atoms with Crippen molar-refractivity contribution in [1.29, 1.82) is 0 Å². The Morgan fingerprint density at radius 2 is 2.26 bits per heavy atom. The molecule has 2 aromatic heterocycles. The minimum absolute atomic E-state index is 0.618. The maximum atomic E-state index is 4.93. The molecule has 0 saturated carbocycles. The molecule has 5 heteroatoms. The Bertz CT molecular complexity index is 671. The number of benzene rings is 1. The van der Waals surface area contributed by atoms with Gasteiger partial charge in [-0.05, 0) is 29.1 Å². The van der Waals surface area contributed by atoms with Crippen molar-refractivity contribution in [2.24, 2.45) is 0 Å². The normalized spacial score (nSPS) is 11.2. The molecule has 0 radical (unpaired) electrons. The van der Waals surface area contributed by atoms with Crippen LogP contribution in [0.3, 0.4) is 0 Å². The van der Waals surface area contributed by atoms with E-state index in [-0.39, 0.29) is 0 Å². The average Bonchev–Trinajstić information content (AvgIpc) is 3.03. The molecule has 0 bridgehead atoms. The van der Waals surface area contributed by atoms with Crippen molar-refractivity contribution in [2.75, 3.05) is 6.54 Å². The summed E-state index contributed by atoms with van der Waals surface area (Å²) < 4.78 is 4.93. The Labute approximate surface area is 111 Å². The van der Waals surface area contributed by atoms with Crippen LogP contribution in [0.5, 0.6) is 0 Å². The first kappa shape index (κ1) is 11.9. The number of fused-ring (bicyclic) bond motifs is 1. The highest BCUT2D eigenvalue weighted by molar-refractivity contribution is 5.79. The first-order chi connectivity index (χ1) is 9.31. The van der Waals surface area contributed by atoms with Crippen LogP contribution in [0.1, 0.15) is 17.3 Å². The van der Waals surface area contributed by atoms with Gasteiger partial charge in [-0.2, -0.15) is 4.98 Å². The van der Waals surface area contributed by atoms with Gasteiger partial charge in [-0.25, -0.2) is 0 Å². The van der Waals surface area contributed by atoms with Crippen molar-refractivity contribution in [2.45, 2.75) is 19.9 Å². The lowest BCUT2D eigenvalue weighted by Gasteiger charge is -2.03. The average molecular weight is 256 g/mol. The molecule has 0 aliphatic rings. The molecule has 0 aliphatic carbocycles. The van der Waals surface area contributed by atoms with Crippen LogP contribution < -0.4 is 5.32 Å². The molecule has 1 aromatic carbocycles. The second-order valence-corrected chi connectivity index (χ2v) is 4.56. The van der Waals surface area contributed by atoms with E-state index < -0.39 is 0 Å². The SMILES string of the molecule is Cc1nc(CCNCc2ccc3[nH]ccc3c2)no1. The van der Waals surface area contributed by atoms with Gasteiger partial charge in [0.05, 0.1) is 0 Å². The largest absolute Gasteiger partial charge is 0.361 e. The maximum Gasteiger partial charge on any atom is 0.223 e. The topological polar surface area (TPSA) is 66.7 Å². The number of hydrogen-bond donors (Lipinski definition) is 2. The van der Waals surface area contributed by atoms with Crippen LogP contribution in [0.15, 0.2) is 35.0 Å². The third-order valence-electron chi connectivity index (χ3n) is 3.04. The van der Waals surface area contributed by atoms with Gasteiger partial charge in [-0.1, -0.05) is 11.2 Å². The zero-order valence-electron chi connectivity index (χ0n) is 10.8. The van der Waals surface area contributed by atoms with Crippen molar-refractivity contribution >= 4 is 10.9 Å². The van der Waals surface area contributed by atoms with E-state index in [0.29, 0.717) is 5.89 Å². The summed E-state index contributed by atoms with van der Waals surface area (Å²) in [6.07, 6.45) is 2.74. The van der Waals surface area contributed by atoms with Gasteiger partial charge >= 0.3 is 0 Å². The predicted molar refractivity (Wildman–Crippen MR) is 72.7 cm³/mol. The number of nitrogens with one attached hydrogen (secondary N) is 2.